The monoisotopic (exact) mass is 391 g/mol. The van der Waals surface area contributed by atoms with Crippen LogP contribution in [-0.2, 0) is 9.53 Å². The summed E-state index contributed by atoms with van der Waals surface area (Å²) >= 11 is 6.03. The van der Waals surface area contributed by atoms with Crippen molar-refractivity contribution in [2.75, 3.05) is 14.2 Å². The molecular weight excluding hydrogens is 370 g/mol. The van der Waals surface area contributed by atoms with Crippen molar-refractivity contribution < 1.29 is 24.2 Å². The number of ether oxygens (including phenoxy) is 2. The van der Waals surface area contributed by atoms with Gasteiger partial charge in [-0.15, -0.1) is 0 Å². The van der Waals surface area contributed by atoms with Crippen LogP contribution in [0.15, 0.2) is 48.5 Å². The van der Waals surface area contributed by atoms with Crippen molar-refractivity contribution in [3.05, 3.63) is 64.7 Å². The average molecular weight is 392 g/mol. The largest absolute Gasteiger partial charge is 0.496 e. The molecule has 0 spiro atoms. The molecule has 0 radical (unpaired) electrons. The van der Waals surface area contributed by atoms with Crippen LogP contribution in [-0.4, -0.2) is 37.2 Å². The fourth-order valence-electron chi connectivity index (χ4n) is 2.84. The average Bonchev–Trinajstić information content (AvgIpc) is 2.68. The van der Waals surface area contributed by atoms with Gasteiger partial charge in [-0.25, -0.2) is 0 Å². The SMILES string of the molecule is COC(=O)C(C(C)NC(=O)c1ccccc1)C(O)c1cc(Cl)ccc1OC. The number of carbonyl (C=O) groups excluding carboxylic acids is 2. The van der Waals surface area contributed by atoms with Crippen LogP contribution >= 0.6 is 11.6 Å². The van der Waals surface area contributed by atoms with E-state index in [1.165, 1.54) is 20.3 Å². The fourth-order valence-corrected chi connectivity index (χ4v) is 3.02. The molecule has 2 aromatic carbocycles. The molecule has 0 aromatic heterocycles. The van der Waals surface area contributed by atoms with Crippen LogP contribution in [0.1, 0.15) is 28.9 Å². The summed E-state index contributed by atoms with van der Waals surface area (Å²) in [4.78, 5) is 24.8. The van der Waals surface area contributed by atoms with Gasteiger partial charge in [0.25, 0.3) is 5.91 Å². The molecule has 3 unspecified atom stereocenters. The van der Waals surface area contributed by atoms with Crippen LogP contribution < -0.4 is 10.1 Å². The number of esters is 1. The molecule has 0 bridgehead atoms. The minimum Gasteiger partial charge on any atom is -0.496 e. The molecular formula is C20H22ClNO5. The predicted octanol–water partition coefficient (Wildman–Crippen LogP) is 2.99. The summed E-state index contributed by atoms with van der Waals surface area (Å²) in [6.07, 6.45) is -1.29. The first-order chi connectivity index (χ1) is 12.9. The van der Waals surface area contributed by atoms with E-state index in [0.717, 1.165) is 0 Å². The third-order valence-corrected chi connectivity index (χ3v) is 4.49. The normalized spacial score (nSPS) is 14.0. The predicted molar refractivity (Wildman–Crippen MR) is 102 cm³/mol. The smallest absolute Gasteiger partial charge is 0.313 e. The number of rotatable bonds is 7. The van der Waals surface area contributed by atoms with Gasteiger partial charge in [0.15, 0.2) is 0 Å². The van der Waals surface area contributed by atoms with E-state index in [9.17, 15) is 14.7 Å². The van der Waals surface area contributed by atoms with Crippen molar-refractivity contribution >= 4 is 23.5 Å². The van der Waals surface area contributed by atoms with Gasteiger partial charge in [0.2, 0.25) is 0 Å². The van der Waals surface area contributed by atoms with Gasteiger partial charge in [-0.05, 0) is 37.3 Å². The number of amides is 1. The van der Waals surface area contributed by atoms with Crippen LogP contribution in [0.5, 0.6) is 5.75 Å². The third-order valence-electron chi connectivity index (χ3n) is 4.26. The first kappa shape index (κ1) is 20.7. The summed E-state index contributed by atoms with van der Waals surface area (Å²) in [5, 5.41) is 14.0. The standard InChI is InChI=1S/C20H22ClNO5/c1-12(22-19(24)13-7-5-4-6-8-13)17(20(25)27-3)18(23)15-11-14(21)9-10-16(15)26-2/h4-12,17-18,23H,1-3H3,(H,22,24). The lowest BCUT2D eigenvalue weighted by molar-refractivity contribution is -0.150. The van der Waals surface area contributed by atoms with Crippen molar-refractivity contribution in [1.82, 2.24) is 5.32 Å². The summed E-state index contributed by atoms with van der Waals surface area (Å²) in [6, 6.07) is 12.6. The molecule has 3 atom stereocenters. The number of benzene rings is 2. The number of methoxy groups -OCH3 is 2. The zero-order valence-corrected chi connectivity index (χ0v) is 16.1. The second kappa shape index (κ2) is 9.39. The minimum atomic E-state index is -1.29. The van der Waals surface area contributed by atoms with E-state index in [2.05, 4.69) is 5.32 Å². The summed E-state index contributed by atoms with van der Waals surface area (Å²) in [7, 11) is 2.68. The Morgan fingerprint density at radius 2 is 1.78 bits per heavy atom. The molecule has 6 nitrogen and oxygen atoms in total. The molecule has 2 rings (SSSR count). The lowest BCUT2D eigenvalue weighted by Gasteiger charge is -2.28. The number of halogens is 1. The Balaban J connectivity index is 2.30. The zero-order chi connectivity index (χ0) is 20.0. The Morgan fingerprint density at radius 3 is 2.37 bits per heavy atom. The van der Waals surface area contributed by atoms with Crippen molar-refractivity contribution in [3.63, 3.8) is 0 Å². The quantitative estimate of drug-likeness (QED) is 0.709. The molecule has 27 heavy (non-hydrogen) atoms. The molecule has 0 saturated carbocycles. The van der Waals surface area contributed by atoms with Crippen molar-refractivity contribution in [3.8, 4) is 5.75 Å². The number of aliphatic hydroxyl groups is 1. The Kier molecular flexibility index (Phi) is 7.21. The highest BCUT2D eigenvalue weighted by Crippen LogP contribution is 2.34. The van der Waals surface area contributed by atoms with Crippen molar-refractivity contribution in [2.24, 2.45) is 5.92 Å². The van der Waals surface area contributed by atoms with E-state index < -0.39 is 24.0 Å². The zero-order valence-electron chi connectivity index (χ0n) is 15.3. The number of carbonyl (C=O) groups is 2. The summed E-state index contributed by atoms with van der Waals surface area (Å²) < 4.78 is 10.1. The van der Waals surface area contributed by atoms with Crippen LogP contribution in [0.25, 0.3) is 0 Å². The van der Waals surface area contributed by atoms with Crippen molar-refractivity contribution in [1.29, 1.82) is 0 Å². The molecule has 0 aliphatic heterocycles. The van der Waals surface area contributed by atoms with Gasteiger partial charge >= 0.3 is 5.97 Å². The van der Waals surface area contributed by atoms with Gasteiger partial charge in [0, 0.05) is 22.2 Å². The molecule has 7 heteroatoms. The Hall–Kier alpha value is -2.57. The third kappa shape index (κ3) is 4.99. The van der Waals surface area contributed by atoms with Gasteiger partial charge in [0.05, 0.1) is 20.3 Å². The maximum Gasteiger partial charge on any atom is 0.313 e. The topological polar surface area (TPSA) is 84.9 Å². The highest BCUT2D eigenvalue weighted by Gasteiger charge is 2.36. The minimum absolute atomic E-state index is 0.334. The van der Waals surface area contributed by atoms with Gasteiger partial charge in [0.1, 0.15) is 11.7 Å². The van der Waals surface area contributed by atoms with Crippen LogP contribution in [0, 0.1) is 5.92 Å². The summed E-state index contributed by atoms with van der Waals surface area (Å²) in [5.41, 5.74) is 0.781. The number of nitrogens with one attached hydrogen (secondary N) is 1. The number of hydrogen-bond acceptors (Lipinski definition) is 5. The first-order valence-corrected chi connectivity index (χ1v) is 8.72. The molecule has 0 aliphatic rings. The molecule has 0 aliphatic carbocycles. The lowest BCUT2D eigenvalue weighted by Crippen LogP contribution is -2.44. The highest BCUT2D eigenvalue weighted by molar-refractivity contribution is 6.30. The summed E-state index contributed by atoms with van der Waals surface area (Å²) in [5.74, 6) is -1.70. The van der Waals surface area contributed by atoms with E-state index >= 15 is 0 Å². The Labute approximate surface area is 163 Å². The van der Waals surface area contributed by atoms with Gasteiger partial charge in [-0.2, -0.15) is 0 Å². The Morgan fingerprint density at radius 1 is 1.11 bits per heavy atom. The first-order valence-electron chi connectivity index (χ1n) is 8.34. The molecule has 1 amide bonds. The molecule has 0 saturated heterocycles. The molecule has 2 N–H and O–H groups in total. The Bertz CT molecular complexity index is 796. The highest BCUT2D eigenvalue weighted by atomic mass is 35.5. The number of hydrogen-bond donors (Lipinski definition) is 2. The van der Waals surface area contributed by atoms with Crippen LogP contribution in [0.3, 0.4) is 0 Å². The summed E-state index contributed by atoms with van der Waals surface area (Å²) in [6.45, 7) is 1.63. The van der Waals surface area contributed by atoms with Gasteiger partial charge < -0.3 is 19.9 Å². The van der Waals surface area contributed by atoms with E-state index in [1.807, 2.05) is 0 Å². The van der Waals surface area contributed by atoms with E-state index in [-0.39, 0.29) is 5.91 Å². The maximum absolute atomic E-state index is 12.4. The van der Waals surface area contributed by atoms with Gasteiger partial charge in [-0.3, -0.25) is 9.59 Å². The van der Waals surface area contributed by atoms with E-state index in [1.54, 1.807) is 49.4 Å². The molecule has 2 aromatic rings. The second-order valence-corrected chi connectivity index (χ2v) is 6.44. The molecule has 0 heterocycles. The fraction of sp³-hybridized carbons (Fsp3) is 0.300. The molecule has 144 valence electrons. The van der Waals surface area contributed by atoms with Crippen LogP contribution in [0.4, 0.5) is 0 Å². The van der Waals surface area contributed by atoms with E-state index in [4.69, 9.17) is 21.1 Å². The maximum atomic E-state index is 12.4. The van der Waals surface area contributed by atoms with Gasteiger partial charge in [-0.1, -0.05) is 29.8 Å². The lowest BCUT2D eigenvalue weighted by atomic mass is 9.89. The molecule has 0 fully saturated rings. The van der Waals surface area contributed by atoms with E-state index in [0.29, 0.717) is 21.9 Å². The van der Waals surface area contributed by atoms with Crippen molar-refractivity contribution in [2.45, 2.75) is 19.1 Å². The van der Waals surface area contributed by atoms with Crippen LogP contribution in [0.2, 0.25) is 5.02 Å². The second-order valence-electron chi connectivity index (χ2n) is 6.01. The number of aliphatic hydroxyl groups excluding tert-OH is 1.